The van der Waals surface area contributed by atoms with Gasteiger partial charge in [-0.15, -0.1) is 6.42 Å². The van der Waals surface area contributed by atoms with Crippen LogP contribution in [0.2, 0.25) is 0 Å². The molecule has 0 heterocycles. The minimum absolute atomic E-state index is 0.265. The number of rotatable bonds is 10. The Kier molecular flexibility index (Phi) is 11.1. The van der Waals surface area contributed by atoms with Gasteiger partial charge in [0.2, 0.25) is 0 Å². The lowest BCUT2D eigenvalue weighted by Crippen LogP contribution is -2.51. The maximum absolute atomic E-state index is 13.8. The van der Waals surface area contributed by atoms with Crippen LogP contribution in [0.4, 0.5) is 10.5 Å². The molecular formula is C29H33N3O5S. The van der Waals surface area contributed by atoms with Crippen molar-refractivity contribution in [2.45, 2.75) is 44.9 Å². The Morgan fingerprint density at radius 2 is 1.74 bits per heavy atom. The van der Waals surface area contributed by atoms with Crippen LogP contribution in [0.25, 0.3) is 0 Å². The summed E-state index contributed by atoms with van der Waals surface area (Å²) in [5.74, 6) is 2.49. The van der Waals surface area contributed by atoms with E-state index in [9.17, 15) is 14.4 Å². The molecule has 0 aliphatic carbocycles. The fourth-order valence-corrected chi connectivity index (χ4v) is 4.00. The maximum Gasteiger partial charge on any atom is 0.408 e. The zero-order chi connectivity index (χ0) is 28.3. The van der Waals surface area contributed by atoms with Gasteiger partial charge in [-0.05, 0) is 69.5 Å². The Labute approximate surface area is 228 Å². The number of anilines is 1. The number of hydrogen-bond acceptors (Lipinski definition) is 6. The van der Waals surface area contributed by atoms with E-state index in [1.54, 1.807) is 69.3 Å². The van der Waals surface area contributed by atoms with Crippen LogP contribution >= 0.6 is 11.8 Å². The molecular weight excluding hydrogens is 502 g/mol. The monoisotopic (exact) mass is 535 g/mol. The van der Waals surface area contributed by atoms with Gasteiger partial charge in [0.05, 0.1) is 7.11 Å². The predicted octanol–water partition coefficient (Wildman–Crippen LogP) is 4.42. The molecule has 0 spiro atoms. The van der Waals surface area contributed by atoms with Crippen molar-refractivity contribution in [3.63, 3.8) is 0 Å². The van der Waals surface area contributed by atoms with Gasteiger partial charge in [-0.1, -0.05) is 30.5 Å². The molecule has 3 amide bonds. The van der Waals surface area contributed by atoms with Crippen molar-refractivity contribution >= 4 is 35.4 Å². The van der Waals surface area contributed by atoms with Crippen molar-refractivity contribution in [2.75, 3.05) is 24.4 Å². The lowest BCUT2D eigenvalue weighted by molar-refractivity contribution is -0.136. The number of hydrogen-bond donors (Lipinski definition) is 2. The highest BCUT2D eigenvalue weighted by Crippen LogP contribution is 2.27. The van der Waals surface area contributed by atoms with Crippen LogP contribution < -0.4 is 15.4 Å². The van der Waals surface area contributed by atoms with Gasteiger partial charge in [0.15, 0.2) is 6.04 Å². The van der Waals surface area contributed by atoms with E-state index in [4.69, 9.17) is 22.3 Å². The number of terminal acetylenes is 2. The average Bonchev–Trinajstić information content (AvgIpc) is 2.88. The quantitative estimate of drug-likeness (QED) is 0.345. The summed E-state index contributed by atoms with van der Waals surface area (Å²) in [4.78, 5) is 41.0. The highest BCUT2D eigenvalue weighted by molar-refractivity contribution is 7.98. The number of thioether (sulfide) groups is 1. The fourth-order valence-electron chi connectivity index (χ4n) is 3.53. The van der Waals surface area contributed by atoms with Crippen molar-refractivity contribution in [3.05, 3.63) is 59.7 Å². The summed E-state index contributed by atoms with van der Waals surface area (Å²) in [7, 11) is 1.54. The number of nitrogens with zero attached hydrogens (tertiary/aromatic N) is 1. The van der Waals surface area contributed by atoms with E-state index in [-0.39, 0.29) is 6.42 Å². The molecule has 200 valence electrons. The second-order valence-corrected chi connectivity index (χ2v) is 10.2. The third-order valence-electron chi connectivity index (χ3n) is 5.25. The normalized spacial score (nSPS) is 12.2. The number of methoxy groups -OCH3 is 1. The summed E-state index contributed by atoms with van der Waals surface area (Å²) >= 11 is 1.50. The molecule has 0 saturated carbocycles. The van der Waals surface area contributed by atoms with Crippen LogP contribution in [0.15, 0.2) is 48.5 Å². The SMILES string of the molecule is C#Cc1ccccc1C(C(=O)Nc1ccc(OC)cc1)N(C#C)C(=O)C(CCSC)NC(=O)OC(C)(C)C. The number of carbonyl (C=O) groups is 3. The lowest BCUT2D eigenvalue weighted by atomic mass is 9.97. The van der Waals surface area contributed by atoms with Crippen LogP contribution in [0.5, 0.6) is 5.75 Å². The molecule has 0 radical (unpaired) electrons. The maximum atomic E-state index is 13.8. The van der Waals surface area contributed by atoms with Gasteiger partial charge in [0.25, 0.3) is 11.8 Å². The van der Waals surface area contributed by atoms with Crippen molar-refractivity contribution in [1.82, 2.24) is 10.2 Å². The lowest BCUT2D eigenvalue weighted by Gasteiger charge is -2.31. The Morgan fingerprint density at radius 1 is 1.08 bits per heavy atom. The molecule has 2 rings (SSSR count). The van der Waals surface area contributed by atoms with Gasteiger partial charge < -0.3 is 20.1 Å². The zero-order valence-corrected chi connectivity index (χ0v) is 23.1. The topological polar surface area (TPSA) is 97.0 Å². The van der Waals surface area contributed by atoms with E-state index in [1.807, 2.05) is 6.26 Å². The molecule has 0 aromatic heterocycles. The van der Waals surface area contributed by atoms with Gasteiger partial charge in [0, 0.05) is 22.9 Å². The highest BCUT2D eigenvalue weighted by atomic mass is 32.2. The van der Waals surface area contributed by atoms with E-state index >= 15 is 0 Å². The van der Waals surface area contributed by atoms with Crippen LogP contribution in [-0.2, 0) is 14.3 Å². The van der Waals surface area contributed by atoms with E-state index in [2.05, 4.69) is 22.6 Å². The summed E-state index contributed by atoms with van der Waals surface area (Å²) in [6.07, 6.45) is 12.9. The fraction of sp³-hybridized carbons (Fsp3) is 0.345. The molecule has 0 aliphatic rings. The Morgan fingerprint density at radius 3 is 2.29 bits per heavy atom. The molecule has 2 aromatic carbocycles. The minimum Gasteiger partial charge on any atom is -0.497 e. The molecule has 0 fully saturated rings. The summed E-state index contributed by atoms with van der Waals surface area (Å²) in [5.41, 5.74) is 0.466. The molecule has 38 heavy (non-hydrogen) atoms. The third kappa shape index (κ3) is 8.50. The summed E-state index contributed by atoms with van der Waals surface area (Å²) in [6.45, 7) is 5.15. The summed E-state index contributed by atoms with van der Waals surface area (Å²) in [6, 6.07) is 13.5. The van der Waals surface area contributed by atoms with Gasteiger partial charge in [-0.2, -0.15) is 11.8 Å². The smallest absolute Gasteiger partial charge is 0.408 e. The molecule has 2 atom stereocenters. The van der Waals surface area contributed by atoms with Crippen molar-refractivity contribution in [2.24, 2.45) is 0 Å². The number of carbonyl (C=O) groups excluding carboxylic acids is 3. The van der Waals surface area contributed by atoms with Gasteiger partial charge in [-0.3, -0.25) is 14.5 Å². The van der Waals surface area contributed by atoms with Gasteiger partial charge in [0.1, 0.15) is 17.4 Å². The first kappa shape index (κ1) is 30.1. The van der Waals surface area contributed by atoms with Crippen molar-refractivity contribution in [3.8, 4) is 30.6 Å². The molecule has 8 nitrogen and oxygen atoms in total. The Hall–Kier alpha value is -4.08. The van der Waals surface area contributed by atoms with Gasteiger partial charge >= 0.3 is 6.09 Å². The second-order valence-electron chi connectivity index (χ2n) is 9.17. The minimum atomic E-state index is -1.28. The summed E-state index contributed by atoms with van der Waals surface area (Å²) in [5, 5.41) is 5.41. The zero-order valence-electron chi connectivity index (χ0n) is 22.2. The summed E-state index contributed by atoms with van der Waals surface area (Å²) < 4.78 is 10.5. The first-order valence-corrected chi connectivity index (χ1v) is 13.2. The van der Waals surface area contributed by atoms with Crippen LogP contribution in [0.3, 0.4) is 0 Å². The van der Waals surface area contributed by atoms with Crippen LogP contribution in [-0.4, -0.2) is 53.6 Å². The third-order valence-corrected chi connectivity index (χ3v) is 5.90. The van der Waals surface area contributed by atoms with Crippen molar-refractivity contribution < 1.29 is 23.9 Å². The van der Waals surface area contributed by atoms with E-state index in [0.717, 1.165) is 4.90 Å². The second kappa shape index (κ2) is 14.0. The Balaban J connectivity index is 2.49. The average molecular weight is 536 g/mol. The van der Waals surface area contributed by atoms with Crippen LogP contribution in [0.1, 0.15) is 44.4 Å². The van der Waals surface area contributed by atoms with E-state index in [0.29, 0.717) is 28.3 Å². The predicted molar refractivity (Wildman–Crippen MR) is 151 cm³/mol. The molecule has 2 N–H and O–H groups in total. The molecule has 0 aliphatic heterocycles. The molecule has 2 unspecified atom stereocenters. The Bertz CT molecular complexity index is 1210. The first-order chi connectivity index (χ1) is 18.0. The molecule has 0 bridgehead atoms. The van der Waals surface area contributed by atoms with Gasteiger partial charge in [-0.25, -0.2) is 4.79 Å². The van der Waals surface area contributed by atoms with E-state index < -0.39 is 35.6 Å². The number of alkyl carbamates (subject to hydrolysis) is 1. The number of benzene rings is 2. The molecule has 9 heteroatoms. The molecule has 2 aromatic rings. The number of nitrogens with one attached hydrogen (secondary N) is 2. The van der Waals surface area contributed by atoms with E-state index in [1.165, 1.54) is 18.9 Å². The highest BCUT2D eigenvalue weighted by Gasteiger charge is 2.36. The molecule has 0 saturated heterocycles. The largest absolute Gasteiger partial charge is 0.497 e. The standard InChI is InChI=1S/C29H33N3O5S/c1-8-20-12-10-11-13-23(20)25(26(33)30-21-14-16-22(36-6)17-15-21)32(9-2)27(34)24(18-19-38-7)31-28(35)37-29(3,4)5/h1-2,10-17,24-25H,18-19H2,3-7H3,(H,30,33)(H,31,35). The number of ether oxygens (including phenoxy) is 2. The van der Waals surface area contributed by atoms with Crippen molar-refractivity contribution in [1.29, 1.82) is 0 Å². The number of amides is 3. The van der Waals surface area contributed by atoms with Crippen LogP contribution in [0, 0.1) is 24.8 Å². The first-order valence-electron chi connectivity index (χ1n) is 11.8.